The van der Waals surface area contributed by atoms with Gasteiger partial charge in [0, 0.05) is 71.6 Å². The number of ether oxygens (including phenoxy) is 5. The monoisotopic (exact) mass is 905 g/mol. The van der Waals surface area contributed by atoms with E-state index in [4.69, 9.17) is 46.0 Å². The zero-order valence-electron chi connectivity index (χ0n) is 35.1. The zero-order valence-corrected chi connectivity index (χ0v) is 36.6. The Balaban J connectivity index is 1.07. The first kappa shape index (κ1) is 42.8. The van der Waals surface area contributed by atoms with Crippen molar-refractivity contribution in [2.45, 2.75) is 19.1 Å². The van der Waals surface area contributed by atoms with Gasteiger partial charge in [0.25, 0.3) is 0 Å². The number of likely N-dealkylation sites (N-methyl/N-ethyl adjacent to an activating group) is 1. The Morgan fingerprint density at radius 3 is 2.44 bits per heavy atom. The summed E-state index contributed by atoms with van der Waals surface area (Å²) in [6, 6.07) is 21.4. The molecule has 64 heavy (non-hydrogen) atoms. The minimum Gasteiger partial charge on any atom is -0.496 e. The number of aromatic nitrogens is 4. The Kier molecular flexibility index (Phi) is 12.3. The molecule has 1 aliphatic heterocycles. The number of carbonyl (C=O) groups is 1. The number of rotatable bonds is 14. The van der Waals surface area contributed by atoms with E-state index < -0.39 is 23.7 Å². The number of benzene rings is 5. The Morgan fingerprint density at radius 1 is 0.859 bits per heavy atom. The van der Waals surface area contributed by atoms with Gasteiger partial charge in [-0.1, -0.05) is 41.9 Å². The fourth-order valence-electron chi connectivity index (χ4n) is 8.03. The Bertz CT molecular complexity index is 3060. The predicted molar refractivity (Wildman–Crippen MR) is 244 cm³/mol. The highest BCUT2D eigenvalue weighted by Gasteiger charge is 2.29. The van der Waals surface area contributed by atoms with Gasteiger partial charge >= 0.3 is 5.97 Å². The van der Waals surface area contributed by atoms with Crippen molar-refractivity contribution in [2.75, 3.05) is 66.3 Å². The standard InChI is InChI=1S/C47H42ClF2N7O6S/c1-56-16-18-57(19-17-56)20-21-61-34-13-12-29-36(40(34)48)37-30(23-31(51)41(49)42(37)50)43-38(29)39-45(53-25-54-46(39)64-43)63-35(47(58)60-3)22-26-8-4-6-10-32(26)62-24-27-14-15-52-44(55-27)28-9-5-7-11-33(28)59-2/h4-15,23,25,35H,16-22,24,51H2,1-3H3/t35-/m1/s1. The van der Waals surface area contributed by atoms with Gasteiger partial charge in [-0.3, -0.25) is 4.90 Å². The number of nitrogen functional groups attached to an aromatic ring is 1. The molecule has 1 aliphatic rings. The van der Waals surface area contributed by atoms with E-state index in [2.05, 4.69) is 31.8 Å². The number of methoxy groups -OCH3 is 2. The molecule has 0 radical (unpaired) electrons. The quantitative estimate of drug-likeness (QED) is 0.0633. The van der Waals surface area contributed by atoms with Crippen molar-refractivity contribution in [2.24, 2.45) is 0 Å². The van der Waals surface area contributed by atoms with Crippen LogP contribution in [0.15, 0.2) is 85.3 Å². The number of fused-ring (bicyclic) bond motifs is 8. The highest BCUT2D eigenvalue weighted by molar-refractivity contribution is 7.26. The van der Waals surface area contributed by atoms with E-state index >= 15 is 8.78 Å². The molecule has 2 N–H and O–H groups in total. The van der Waals surface area contributed by atoms with Gasteiger partial charge in [-0.2, -0.15) is 0 Å². The summed E-state index contributed by atoms with van der Waals surface area (Å²) in [6.07, 6.45) is 1.79. The third kappa shape index (κ3) is 8.25. The topological polar surface area (TPSA) is 147 Å². The molecule has 9 rings (SSSR count). The van der Waals surface area contributed by atoms with Crippen molar-refractivity contribution < 1.29 is 37.3 Å². The number of carbonyl (C=O) groups excluding carboxylic acids is 1. The van der Waals surface area contributed by atoms with Crippen LogP contribution in [0.3, 0.4) is 0 Å². The lowest BCUT2D eigenvalue weighted by Crippen LogP contribution is -2.45. The van der Waals surface area contributed by atoms with Crippen molar-refractivity contribution in [3.63, 3.8) is 0 Å². The average Bonchev–Trinajstić information content (AvgIpc) is 3.72. The number of hydrogen-bond acceptors (Lipinski definition) is 14. The van der Waals surface area contributed by atoms with E-state index in [0.29, 0.717) is 78.6 Å². The minimum absolute atomic E-state index is 0.0258. The smallest absolute Gasteiger partial charge is 0.347 e. The van der Waals surface area contributed by atoms with Crippen LogP contribution >= 0.6 is 22.9 Å². The van der Waals surface area contributed by atoms with Crippen LogP contribution in [0.25, 0.3) is 53.2 Å². The van der Waals surface area contributed by atoms with Crippen LogP contribution in [-0.2, 0) is 22.6 Å². The number of halogens is 3. The molecule has 1 atom stereocenters. The first-order chi connectivity index (χ1) is 31.1. The Hall–Kier alpha value is -6.46. The van der Waals surface area contributed by atoms with Gasteiger partial charge in [0.2, 0.25) is 12.0 Å². The summed E-state index contributed by atoms with van der Waals surface area (Å²) >= 11 is 8.36. The molecule has 3 aromatic heterocycles. The van der Waals surface area contributed by atoms with Crippen molar-refractivity contribution in [1.29, 1.82) is 0 Å². The van der Waals surface area contributed by atoms with Gasteiger partial charge in [0.1, 0.15) is 41.6 Å². The molecule has 1 saturated heterocycles. The Labute approximate surface area is 375 Å². The van der Waals surface area contributed by atoms with Crippen LogP contribution in [0.1, 0.15) is 11.3 Å². The van der Waals surface area contributed by atoms with E-state index in [0.717, 1.165) is 31.7 Å². The summed E-state index contributed by atoms with van der Waals surface area (Å²) in [6.45, 7) is 4.83. The predicted octanol–water partition coefficient (Wildman–Crippen LogP) is 8.50. The van der Waals surface area contributed by atoms with Crippen molar-refractivity contribution in [1.82, 2.24) is 29.7 Å². The summed E-state index contributed by atoms with van der Waals surface area (Å²) < 4.78 is 61.9. The van der Waals surface area contributed by atoms with Crippen molar-refractivity contribution in [3.05, 3.63) is 113 Å². The largest absolute Gasteiger partial charge is 0.496 e. The van der Waals surface area contributed by atoms with Gasteiger partial charge in [-0.15, -0.1) is 11.3 Å². The lowest BCUT2D eigenvalue weighted by atomic mass is 9.96. The van der Waals surface area contributed by atoms with Gasteiger partial charge in [-0.05, 0) is 60.5 Å². The molecular formula is C47H42ClF2N7O6S. The molecule has 13 nitrogen and oxygen atoms in total. The number of hydrogen-bond donors (Lipinski definition) is 1. The molecule has 17 heteroatoms. The summed E-state index contributed by atoms with van der Waals surface area (Å²) in [4.78, 5) is 36.8. The van der Waals surface area contributed by atoms with E-state index in [1.165, 1.54) is 30.8 Å². The van der Waals surface area contributed by atoms with Gasteiger partial charge < -0.3 is 34.3 Å². The highest BCUT2D eigenvalue weighted by Crippen LogP contribution is 2.50. The molecule has 8 aromatic rings. The number of esters is 1. The maximum Gasteiger partial charge on any atom is 0.347 e. The first-order valence-corrected chi connectivity index (χ1v) is 21.7. The number of piperazine rings is 1. The molecule has 5 aromatic carbocycles. The summed E-state index contributed by atoms with van der Waals surface area (Å²) in [5.41, 5.74) is 7.69. The number of nitrogens with two attached hydrogens (primary N) is 1. The van der Waals surface area contributed by atoms with Crippen LogP contribution in [0.5, 0.6) is 23.1 Å². The first-order valence-electron chi connectivity index (χ1n) is 20.5. The molecule has 0 spiro atoms. The molecule has 0 saturated carbocycles. The van der Waals surface area contributed by atoms with Crippen LogP contribution in [0, 0.1) is 11.6 Å². The van der Waals surface area contributed by atoms with E-state index in [1.54, 1.807) is 37.6 Å². The second-order valence-electron chi connectivity index (χ2n) is 15.3. The van der Waals surface area contributed by atoms with Crippen molar-refractivity contribution >= 4 is 76.4 Å². The molecule has 0 bridgehead atoms. The van der Waals surface area contributed by atoms with Crippen LogP contribution < -0.4 is 24.7 Å². The maximum absolute atomic E-state index is 16.2. The highest BCUT2D eigenvalue weighted by atomic mass is 35.5. The Morgan fingerprint density at radius 2 is 1.64 bits per heavy atom. The maximum atomic E-state index is 16.2. The number of para-hydroxylation sites is 2. The van der Waals surface area contributed by atoms with Gasteiger partial charge in [0.15, 0.2) is 17.5 Å². The van der Waals surface area contributed by atoms with E-state index in [-0.39, 0.29) is 40.4 Å². The minimum atomic E-state index is -1.21. The molecule has 0 unspecified atom stereocenters. The van der Waals surface area contributed by atoms with Crippen LogP contribution in [-0.4, -0.2) is 102 Å². The molecule has 4 heterocycles. The average molecular weight is 906 g/mol. The zero-order chi connectivity index (χ0) is 44.5. The summed E-state index contributed by atoms with van der Waals surface area (Å²) in [5.74, 6) is -0.992. The SMILES string of the molecule is COC(=O)[C@@H](Cc1ccccc1OCc1ccnc(-c2ccccc2OC)n1)Oc1ncnc2sc3c4cc(N)c(F)c(F)c4c4c(Cl)c(OCCN5CCN(C)CC5)ccc4c3c12. The number of nitrogens with zero attached hydrogens (tertiary/aromatic N) is 6. The third-order valence-corrected chi connectivity index (χ3v) is 12.9. The number of thiophene rings is 1. The molecule has 1 fully saturated rings. The lowest BCUT2D eigenvalue weighted by Gasteiger charge is -2.32. The van der Waals surface area contributed by atoms with Gasteiger partial charge in [0.05, 0.1) is 41.6 Å². The molecule has 0 amide bonds. The van der Waals surface area contributed by atoms with E-state index in [9.17, 15) is 4.79 Å². The van der Waals surface area contributed by atoms with E-state index in [1.807, 2.05) is 42.5 Å². The van der Waals surface area contributed by atoms with Gasteiger partial charge in [-0.25, -0.2) is 33.5 Å². The summed E-state index contributed by atoms with van der Waals surface area (Å²) in [7, 11) is 4.96. The lowest BCUT2D eigenvalue weighted by molar-refractivity contribution is -0.148. The number of anilines is 1. The van der Waals surface area contributed by atoms with Crippen LogP contribution in [0.4, 0.5) is 14.5 Å². The van der Waals surface area contributed by atoms with Crippen molar-refractivity contribution in [3.8, 4) is 34.5 Å². The van der Waals surface area contributed by atoms with Crippen LogP contribution in [0.2, 0.25) is 5.02 Å². The second-order valence-corrected chi connectivity index (χ2v) is 16.7. The molecule has 0 aliphatic carbocycles. The molecule has 328 valence electrons. The summed E-state index contributed by atoms with van der Waals surface area (Å²) in [5, 5.41) is 2.06. The second kappa shape index (κ2) is 18.3. The normalized spacial score (nSPS) is 14.0. The fraction of sp³-hybridized carbons (Fsp3) is 0.255. The fourth-order valence-corrected chi connectivity index (χ4v) is 9.51. The third-order valence-electron chi connectivity index (χ3n) is 11.4. The molecular weight excluding hydrogens is 864 g/mol.